The van der Waals surface area contributed by atoms with E-state index in [0.29, 0.717) is 48.0 Å². The van der Waals surface area contributed by atoms with Crippen LogP contribution < -0.4 is 26.0 Å². The first-order valence-corrected chi connectivity index (χ1v) is 11.0. The van der Waals surface area contributed by atoms with Crippen LogP contribution in [0.5, 0.6) is 11.5 Å². The number of aromatic nitrogens is 6. The maximum absolute atomic E-state index is 12.6. The minimum atomic E-state index is -0.435. The number of benzene rings is 1. The van der Waals surface area contributed by atoms with Crippen molar-refractivity contribution >= 4 is 22.9 Å². The average molecular weight is 482 g/mol. The van der Waals surface area contributed by atoms with Crippen molar-refractivity contribution in [1.29, 1.82) is 0 Å². The van der Waals surface area contributed by atoms with Gasteiger partial charge in [0, 0.05) is 38.7 Å². The van der Waals surface area contributed by atoms with Crippen molar-refractivity contribution in [3.63, 3.8) is 0 Å². The van der Waals surface area contributed by atoms with Gasteiger partial charge in [0.1, 0.15) is 5.82 Å². The lowest BCUT2D eigenvalue weighted by Gasteiger charge is -2.14. The van der Waals surface area contributed by atoms with E-state index in [1.54, 1.807) is 42.8 Å². The van der Waals surface area contributed by atoms with Crippen LogP contribution in [0.25, 0.3) is 11.2 Å². The third-order valence-electron chi connectivity index (χ3n) is 5.81. The molecule has 3 heterocycles. The quantitative estimate of drug-likeness (QED) is 0.379. The maximum Gasteiger partial charge on any atom is 0.332 e. The van der Waals surface area contributed by atoms with Gasteiger partial charge in [0.25, 0.3) is 5.56 Å². The number of hydrogen-bond acceptors (Lipinski definition) is 7. The van der Waals surface area contributed by atoms with Gasteiger partial charge in [0.2, 0.25) is 5.91 Å². The number of imidazole rings is 1. The smallest absolute Gasteiger partial charge is 0.332 e. The molecule has 0 aliphatic carbocycles. The molecule has 0 radical (unpaired) electrons. The predicted octanol–water partition coefficient (Wildman–Crippen LogP) is 1.11. The highest BCUT2D eigenvalue weighted by atomic mass is 16.5. The molecular weight excluding hydrogens is 454 g/mol. The zero-order valence-corrected chi connectivity index (χ0v) is 20.0. The highest BCUT2D eigenvalue weighted by Crippen LogP contribution is 2.31. The third kappa shape index (κ3) is 4.54. The normalized spacial score (nSPS) is 11.1. The number of hydrogen-bond donors (Lipinski definition) is 1. The second-order valence-electron chi connectivity index (χ2n) is 7.99. The third-order valence-corrected chi connectivity index (χ3v) is 5.81. The number of nitrogens with zero attached hydrogens (tertiary/aromatic N) is 6. The van der Waals surface area contributed by atoms with E-state index in [-0.39, 0.29) is 12.3 Å². The summed E-state index contributed by atoms with van der Waals surface area (Å²) in [7, 11) is 6.15. The fraction of sp³-hybridized carbons (Fsp3) is 0.348. The van der Waals surface area contributed by atoms with Crippen LogP contribution in [0.2, 0.25) is 0 Å². The fourth-order valence-electron chi connectivity index (χ4n) is 3.99. The lowest BCUT2D eigenvalue weighted by Crippen LogP contribution is -2.37. The van der Waals surface area contributed by atoms with Crippen LogP contribution >= 0.6 is 0 Å². The van der Waals surface area contributed by atoms with Gasteiger partial charge in [-0.05, 0) is 12.5 Å². The first kappa shape index (κ1) is 23.8. The Hall–Kier alpha value is -4.35. The summed E-state index contributed by atoms with van der Waals surface area (Å²) in [5, 5.41) is 7.20. The molecule has 0 atom stereocenters. The molecule has 1 aromatic carbocycles. The largest absolute Gasteiger partial charge is 0.493 e. The Balaban J connectivity index is 1.41. The number of methoxy groups -OCH3 is 2. The summed E-state index contributed by atoms with van der Waals surface area (Å²) in [5.74, 6) is 1.59. The van der Waals surface area contributed by atoms with Crippen LogP contribution in [0, 0.1) is 0 Å². The van der Waals surface area contributed by atoms with Crippen molar-refractivity contribution < 1.29 is 14.3 Å². The van der Waals surface area contributed by atoms with Crippen LogP contribution in [-0.4, -0.2) is 48.6 Å². The zero-order chi connectivity index (χ0) is 25.1. The second-order valence-corrected chi connectivity index (χ2v) is 7.99. The molecule has 0 aliphatic heterocycles. The van der Waals surface area contributed by atoms with E-state index in [1.807, 2.05) is 18.2 Å². The van der Waals surface area contributed by atoms with Gasteiger partial charge in [-0.1, -0.05) is 12.1 Å². The number of nitrogens with one attached hydrogen (secondary N) is 1. The number of para-hydroxylation sites is 1. The van der Waals surface area contributed by atoms with E-state index in [1.165, 1.54) is 17.9 Å². The lowest BCUT2D eigenvalue weighted by atomic mass is 10.2. The van der Waals surface area contributed by atoms with Crippen LogP contribution in [0.3, 0.4) is 0 Å². The lowest BCUT2D eigenvalue weighted by molar-refractivity contribution is -0.116. The number of carbonyl (C=O) groups excluding carboxylic acids is 1. The SMILES string of the molecule is COc1cccc(Cn2nccc2NC(=O)CCCn2cnc3c2c(=O)n(C)c(=O)n3C)c1OC. The molecule has 0 saturated heterocycles. The number of rotatable bonds is 9. The van der Waals surface area contributed by atoms with Gasteiger partial charge in [0.05, 0.1) is 33.3 Å². The molecule has 12 heteroatoms. The minimum Gasteiger partial charge on any atom is -0.493 e. The van der Waals surface area contributed by atoms with E-state index >= 15 is 0 Å². The number of anilines is 1. The van der Waals surface area contributed by atoms with Crippen molar-refractivity contribution in [2.75, 3.05) is 19.5 Å². The monoisotopic (exact) mass is 481 g/mol. The van der Waals surface area contributed by atoms with Crippen molar-refractivity contribution in [1.82, 2.24) is 28.5 Å². The van der Waals surface area contributed by atoms with Crippen molar-refractivity contribution in [2.24, 2.45) is 14.1 Å². The van der Waals surface area contributed by atoms with E-state index in [9.17, 15) is 14.4 Å². The summed E-state index contributed by atoms with van der Waals surface area (Å²) in [6.45, 7) is 0.781. The number of aryl methyl sites for hydroxylation is 2. The number of fused-ring (bicyclic) bond motifs is 1. The molecule has 4 rings (SSSR count). The average Bonchev–Trinajstić information content (AvgIpc) is 3.48. The molecule has 1 N–H and O–H groups in total. The topological polar surface area (TPSA) is 127 Å². The highest BCUT2D eigenvalue weighted by Gasteiger charge is 2.16. The van der Waals surface area contributed by atoms with Gasteiger partial charge in [-0.25, -0.2) is 14.5 Å². The van der Waals surface area contributed by atoms with Gasteiger partial charge >= 0.3 is 5.69 Å². The van der Waals surface area contributed by atoms with Crippen molar-refractivity contribution in [3.05, 3.63) is 63.2 Å². The van der Waals surface area contributed by atoms with Crippen LogP contribution in [0.15, 0.2) is 46.4 Å². The summed E-state index contributed by atoms with van der Waals surface area (Å²) >= 11 is 0. The number of amides is 1. The van der Waals surface area contributed by atoms with E-state index < -0.39 is 11.2 Å². The molecule has 3 aromatic heterocycles. The Labute approximate surface area is 200 Å². The standard InChI is InChI=1S/C23H27N7O5/c1-27-21-19(22(32)28(2)23(27)33)29(14-24-21)12-6-9-18(31)26-17-10-11-25-30(17)13-15-7-5-8-16(34-3)20(15)35-4/h5,7-8,10-11,14H,6,9,12-13H2,1-4H3,(H,26,31). The Morgan fingerprint density at radius 3 is 2.63 bits per heavy atom. The van der Waals surface area contributed by atoms with E-state index in [2.05, 4.69) is 15.4 Å². The summed E-state index contributed by atoms with van der Waals surface area (Å²) in [4.78, 5) is 41.4. The van der Waals surface area contributed by atoms with E-state index in [4.69, 9.17) is 9.47 Å². The molecule has 0 bridgehead atoms. The first-order valence-electron chi connectivity index (χ1n) is 11.0. The molecule has 0 saturated carbocycles. The van der Waals surface area contributed by atoms with E-state index in [0.717, 1.165) is 10.1 Å². The Bertz CT molecular complexity index is 1490. The molecule has 0 unspecified atom stereocenters. The summed E-state index contributed by atoms with van der Waals surface area (Å²) < 4.78 is 16.6. The maximum atomic E-state index is 12.6. The van der Waals surface area contributed by atoms with Gasteiger partial charge < -0.3 is 19.4 Å². The Kier molecular flexibility index (Phi) is 6.71. The predicted molar refractivity (Wildman–Crippen MR) is 129 cm³/mol. The Morgan fingerprint density at radius 2 is 1.89 bits per heavy atom. The molecule has 0 fully saturated rings. The zero-order valence-electron chi connectivity index (χ0n) is 20.0. The molecule has 0 spiro atoms. The minimum absolute atomic E-state index is 0.186. The summed E-state index contributed by atoms with van der Waals surface area (Å²) in [6, 6.07) is 7.30. The first-order chi connectivity index (χ1) is 16.8. The van der Waals surface area contributed by atoms with Gasteiger partial charge in [-0.3, -0.25) is 18.7 Å². The molecule has 12 nitrogen and oxygen atoms in total. The number of ether oxygens (including phenoxy) is 2. The molecular formula is C23H27N7O5. The molecule has 184 valence electrons. The highest BCUT2D eigenvalue weighted by molar-refractivity contribution is 5.89. The van der Waals surface area contributed by atoms with Gasteiger partial charge in [-0.2, -0.15) is 5.10 Å². The Morgan fingerprint density at radius 1 is 1.09 bits per heavy atom. The fourth-order valence-corrected chi connectivity index (χ4v) is 3.99. The molecule has 1 amide bonds. The number of carbonyl (C=O) groups is 1. The van der Waals surface area contributed by atoms with Crippen LogP contribution in [0.1, 0.15) is 18.4 Å². The summed E-state index contributed by atoms with van der Waals surface area (Å²) in [5.41, 5.74) is 0.658. The van der Waals surface area contributed by atoms with Gasteiger partial charge in [0.15, 0.2) is 22.7 Å². The second kappa shape index (κ2) is 9.87. The molecule has 35 heavy (non-hydrogen) atoms. The van der Waals surface area contributed by atoms with Crippen molar-refractivity contribution in [3.8, 4) is 11.5 Å². The van der Waals surface area contributed by atoms with Crippen molar-refractivity contribution in [2.45, 2.75) is 25.9 Å². The molecule has 0 aliphatic rings. The van der Waals surface area contributed by atoms with Crippen LogP contribution in [-0.2, 0) is 32.0 Å². The molecule has 4 aromatic rings. The van der Waals surface area contributed by atoms with Gasteiger partial charge in [-0.15, -0.1) is 0 Å². The summed E-state index contributed by atoms with van der Waals surface area (Å²) in [6.07, 6.45) is 3.82. The van der Waals surface area contributed by atoms with Crippen LogP contribution in [0.4, 0.5) is 5.82 Å².